The third-order valence-corrected chi connectivity index (χ3v) is 12.8. The summed E-state index contributed by atoms with van der Waals surface area (Å²) >= 11 is 0. The first-order valence-corrected chi connectivity index (χ1v) is 20.1. The molecular weight excluding hydrogens is 685 g/mol. The van der Waals surface area contributed by atoms with E-state index in [1.54, 1.807) is 0 Å². The number of rotatable bonds is 9. The topological polar surface area (TPSA) is 46.9 Å². The highest BCUT2D eigenvalue weighted by Gasteiger charge is 2.44. The molecule has 2 N–H and O–H groups in total. The van der Waals surface area contributed by atoms with E-state index in [0.717, 1.165) is 46.5 Å². The van der Waals surface area contributed by atoms with Crippen molar-refractivity contribution in [2.24, 2.45) is 0 Å². The van der Waals surface area contributed by atoms with Gasteiger partial charge >= 0.3 is 0 Å². The standard InChI is InChI=1S/C52H56N2O2/c1-31-11-15-43-39(23-31)40-24-32(2)12-16-44(40)51(43,7)47-27-35(5)21-37(49(47)55)29-54(20-19-53(9)10)30-38-22-36(6)28-48(50(38)56)52(8)45-17-13-33(3)25-41(45)42-26-34(4)14-18-46(42)52/h11-18,21-28,55-56H,19-20,29-30H2,1-10H3. The van der Waals surface area contributed by atoms with Crippen LogP contribution in [0.4, 0.5) is 0 Å². The number of phenols is 2. The monoisotopic (exact) mass is 740 g/mol. The molecule has 4 heteroatoms. The molecule has 0 unspecified atom stereocenters. The summed E-state index contributed by atoms with van der Waals surface area (Å²) in [5.74, 6) is 0.693. The Balaban J connectivity index is 1.21. The summed E-state index contributed by atoms with van der Waals surface area (Å²) in [4.78, 5) is 4.58. The van der Waals surface area contributed by atoms with E-state index < -0.39 is 10.8 Å². The zero-order valence-corrected chi connectivity index (χ0v) is 34.9. The molecule has 6 aromatic rings. The number of aryl methyl sites for hydroxylation is 6. The maximum atomic E-state index is 12.5. The highest BCUT2D eigenvalue weighted by molar-refractivity contribution is 5.86. The van der Waals surface area contributed by atoms with Crippen LogP contribution in [-0.2, 0) is 23.9 Å². The minimum absolute atomic E-state index is 0.347. The highest BCUT2D eigenvalue weighted by Crippen LogP contribution is 2.57. The molecule has 0 fully saturated rings. The molecule has 56 heavy (non-hydrogen) atoms. The first kappa shape index (κ1) is 37.7. The molecule has 0 spiro atoms. The summed E-state index contributed by atoms with van der Waals surface area (Å²) in [6.45, 7) is 20.1. The number of likely N-dealkylation sites (N-methyl/N-ethyl adjacent to an activating group) is 1. The summed E-state index contributed by atoms with van der Waals surface area (Å²) in [6, 6.07) is 35.6. The van der Waals surface area contributed by atoms with Crippen LogP contribution in [0.1, 0.15) is 91.7 Å². The third kappa shape index (κ3) is 6.06. The van der Waals surface area contributed by atoms with Gasteiger partial charge in [-0.1, -0.05) is 130 Å². The van der Waals surface area contributed by atoms with Crippen molar-refractivity contribution in [1.29, 1.82) is 0 Å². The molecule has 2 aliphatic rings. The van der Waals surface area contributed by atoms with E-state index in [1.165, 1.54) is 66.8 Å². The van der Waals surface area contributed by atoms with Crippen LogP contribution in [0.15, 0.2) is 97.1 Å². The fraction of sp³-hybridized carbons (Fsp3) is 0.308. The lowest BCUT2D eigenvalue weighted by Gasteiger charge is -2.32. The van der Waals surface area contributed by atoms with Gasteiger partial charge in [0.2, 0.25) is 0 Å². The summed E-state index contributed by atoms with van der Waals surface area (Å²) in [5, 5.41) is 24.9. The van der Waals surface area contributed by atoms with Gasteiger partial charge < -0.3 is 15.1 Å². The van der Waals surface area contributed by atoms with Crippen molar-refractivity contribution >= 4 is 0 Å². The van der Waals surface area contributed by atoms with Gasteiger partial charge in [0.1, 0.15) is 11.5 Å². The van der Waals surface area contributed by atoms with E-state index in [4.69, 9.17) is 0 Å². The fourth-order valence-corrected chi connectivity index (χ4v) is 9.89. The van der Waals surface area contributed by atoms with Crippen molar-refractivity contribution in [2.75, 3.05) is 27.2 Å². The Morgan fingerprint density at radius 3 is 1.04 bits per heavy atom. The van der Waals surface area contributed by atoms with Crippen molar-refractivity contribution in [3.8, 4) is 33.8 Å². The summed E-state index contributed by atoms with van der Waals surface area (Å²) < 4.78 is 0. The number of aromatic hydroxyl groups is 2. The van der Waals surface area contributed by atoms with Gasteiger partial charge in [-0.05, 0) is 114 Å². The van der Waals surface area contributed by atoms with Gasteiger partial charge in [0.05, 0.1) is 0 Å². The number of phenolic OH excluding ortho intramolecular Hbond substituents is 2. The quantitative estimate of drug-likeness (QED) is 0.155. The third-order valence-electron chi connectivity index (χ3n) is 12.8. The normalized spacial score (nSPS) is 14.6. The van der Waals surface area contributed by atoms with Gasteiger partial charge in [-0.25, -0.2) is 0 Å². The van der Waals surface area contributed by atoms with Gasteiger partial charge in [-0.2, -0.15) is 0 Å². The van der Waals surface area contributed by atoms with Crippen LogP contribution in [-0.4, -0.2) is 47.2 Å². The maximum absolute atomic E-state index is 12.5. The second-order valence-electron chi connectivity index (χ2n) is 17.6. The number of nitrogens with zero attached hydrogens (tertiary/aromatic N) is 2. The minimum Gasteiger partial charge on any atom is -0.507 e. The molecule has 8 rings (SSSR count). The van der Waals surface area contributed by atoms with Crippen molar-refractivity contribution in [3.05, 3.63) is 175 Å². The molecule has 2 aliphatic carbocycles. The summed E-state index contributed by atoms with van der Waals surface area (Å²) in [7, 11) is 4.20. The molecule has 0 radical (unpaired) electrons. The molecule has 0 bridgehead atoms. The molecule has 0 aliphatic heterocycles. The van der Waals surface area contributed by atoms with Gasteiger partial charge in [-0.15, -0.1) is 0 Å². The average Bonchev–Trinajstić information content (AvgIpc) is 3.53. The Morgan fingerprint density at radius 1 is 0.411 bits per heavy atom. The minimum atomic E-state index is -0.518. The van der Waals surface area contributed by atoms with Gasteiger partial charge in [0.25, 0.3) is 0 Å². The lowest BCUT2D eigenvalue weighted by Crippen LogP contribution is -2.32. The average molecular weight is 741 g/mol. The van der Waals surface area contributed by atoms with E-state index in [9.17, 15) is 10.2 Å². The number of hydrogen-bond acceptors (Lipinski definition) is 4. The Kier molecular flexibility index (Phi) is 9.30. The number of fused-ring (bicyclic) bond motifs is 6. The second-order valence-corrected chi connectivity index (χ2v) is 17.6. The van der Waals surface area contributed by atoms with E-state index >= 15 is 0 Å². The van der Waals surface area contributed by atoms with Crippen LogP contribution >= 0.6 is 0 Å². The zero-order valence-electron chi connectivity index (χ0n) is 34.9. The second kappa shape index (κ2) is 13.8. The van der Waals surface area contributed by atoms with E-state index in [2.05, 4.69) is 176 Å². The van der Waals surface area contributed by atoms with Crippen molar-refractivity contribution < 1.29 is 10.2 Å². The van der Waals surface area contributed by atoms with Crippen LogP contribution in [0, 0.1) is 41.5 Å². The Hall–Kier alpha value is -5.16. The maximum Gasteiger partial charge on any atom is 0.124 e. The lowest BCUT2D eigenvalue weighted by molar-refractivity contribution is 0.221. The van der Waals surface area contributed by atoms with Crippen LogP contribution in [0.3, 0.4) is 0 Å². The van der Waals surface area contributed by atoms with Gasteiger partial charge in [0.15, 0.2) is 0 Å². The van der Waals surface area contributed by atoms with Crippen LogP contribution in [0.25, 0.3) is 22.3 Å². The predicted molar refractivity (Wildman–Crippen MR) is 232 cm³/mol. The molecule has 6 aromatic carbocycles. The number of hydrogen-bond donors (Lipinski definition) is 2. The molecule has 0 saturated carbocycles. The fourth-order valence-electron chi connectivity index (χ4n) is 9.89. The van der Waals surface area contributed by atoms with Crippen molar-refractivity contribution in [3.63, 3.8) is 0 Å². The molecule has 0 saturated heterocycles. The van der Waals surface area contributed by atoms with E-state index in [-0.39, 0.29) is 0 Å². The highest BCUT2D eigenvalue weighted by atomic mass is 16.3. The first-order chi connectivity index (χ1) is 26.6. The molecule has 4 nitrogen and oxygen atoms in total. The van der Waals surface area contributed by atoms with Crippen LogP contribution < -0.4 is 0 Å². The lowest BCUT2D eigenvalue weighted by atomic mass is 9.72. The molecule has 0 atom stereocenters. The number of benzene rings is 6. The van der Waals surface area contributed by atoms with Crippen molar-refractivity contribution in [1.82, 2.24) is 9.80 Å². The molecule has 0 amide bonds. The predicted octanol–water partition coefficient (Wildman–Crippen LogP) is 11.2. The molecule has 0 aromatic heterocycles. The molecule has 0 heterocycles. The SMILES string of the molecule is Cc1ccc2c(c1)-c1cc(C)ccc1C2(C)c1cc(C)cc(CN(CCN(C)C)Cc2cc(C)cc(C3(C)c4ccc(C)cc4-c4cc(C)ccc43)c2O)c1O. The largest absolute Gasteiger partial charge is 0.507 e. The smallest absolute Gasteiger partial charge is 0.124 e. The first-order valence-electron chi connectivity index (χ1n) is 20.1. The Labute approximate surface area is 334 Å². The van der Waals surface area contributed by atoms with Crippen LogP contribution in [0.5, 0.6) is 11.5 Å². The van der Waals surface area contributed by atoms with Crippen LogP contribution in [0.2, 0.25) is 0 Å². The Bertz CT molecular complexity index is 2270. The van der Waals surface area contributed by atoms with Gasteiger partial charge in [-0.3, -0.25) is 4.90 Å². The molecule has 286 valence electrons. The van der Waals surface area contributed by atoms with Crippen molar-refractivity contribution in [2.45, 2.75) is 79.3 Å². The van der Waals surface area contributed by atoms with E-state index in [1.807, 2.05) is 0 Å². The zero-order chi connectivity index (χ0) is 39.8. The van der Waals surface area contributed by atoms with Gasteiger partial charge in [0, 0.05) is 59.3 Å². The Morgan fingerprint density at radius 2 is 0.732 bits per heavy atom. The summed E-state index contributed by atoms with van der Waals surface area (Å²) in [6.07, 6.45) is 0. The van der Waals surface area contributed by atoms with E-state index in [0.29, 0.717) is 24.6 Å². The summed E-state index contributed by atoms with van der Waals surface area (Å²) in [5.41, 5.74) is 19.7. The molecular formula is C52H56N2O2.